The zero-order chi connectivity index (χ0) is 22.5. The Morgan fingerprint density at radius 3 is 2.56 bits per heavy atom. The van der Waals surface area contributed by atoms with Crippen molar-refractivity contribution in [3.63, 3.8) is 0 Å². The Balaban J connectivity index is 1.45. The first-order chi connectivity index (χ1) is 15.5. The minimum atomic E-state index is -0.478. The number of carbonyl (C=O) groups is 3. The molecule has 4 rings (SSSR count). The average molecular weight is 473 g/mol. The standard InChI is InChI=1S/C23H21ClN2O5S/c24-18-7-5-16(6-8-18)15-31-19-4-2-1-3-17(19)13-20-22(28)26(23(29)32-20)14-21(27)25-9-11-30-12-10-25/h1-8,13H,9-12,14-15H2/b20-13+. The molecule has 0 radical (unpaired) electrons. The Morgan fingerprint density at radius 1 is 1.09 bits per heavy atom. The number of imide groups is 1. The van der Waals surface area contributed by atoms with Crippen molar-refractivity contribution in [1.29, 1.82) is 0 Å². The molecule has 2 aromatic carbocycles. The monoisotopic (exact) mass is 472 g/mol. The van der Waals surface area contributed by atoms with E-state index in [9.17, 15) is 14.4 Å². The molecule has 166 valence electrons. The third kappa shape index (κ3) is 5.32. The van der Waals surface area contributed by atoms with Crippen LogP contribution in [0, 0.1) is 0 Å². The first-order valence-electron chi connectivity index (χ1n) is 10.1. The fraction of sp³-hybridized carbons (Fsp3) is 0.261. The summed E-state index contributed by atoms with van der Waals surface area (Å²) >= 11 is 6.74. The summed E-state index contributed by atoms with van der Waals surface area (Å²) in [7, 11) is 0. The van der Waals surface area contributed by atoms with Crippen molar-refractivity contribution < 1.29 is 23.9 Å². The van der Waals surface area contributed by atoms with Crippen LogP contribution >= 0.6 is 23.4 Å². The van der Waals surface area contributed by atoms with Crippen LogP contribution in [0.25, 0.3) is 6.08 Å². The van der Waals surface area contributed by atoms with Gasteiger partial charge in [0.2, 0.25) is 5.91 Å². The van der Waals surface area contributed by atoms with Gasteiger partial charge in [-0.25, -0.2) is 0 Å². The maximum atomic E-state index is 12.8. The second kappa shape index (κ2) is 10.2. The molecule has 0 spiro atoms. The normalized spacial score (nSPS) is 17.8. The van der Waals surface area contributed by atoms with Crippen LogP contribution < -0.4 is 4.74 Å². The number of amides is 3. The van der Waals surface area contributed by atoms with Crippen LogP contribution in [0.3, 0.4) is 0 Å². The van der Waals surface area contributed by atoms with Crippen molar-refractivity contribution in [2.45, 2.75) is 6.61 Å². The van der Waals surface area contributed by atoms with E-state index < -0.39 is 11.1 Å². The van der Waals surface area contributed by atoms with E-state index in [2.05, 4.69) is 0 Å². The van der Waals surface area contributed by atoms with Gasteiger partial charge >= 0.3 is 0 Å². The van der Waals surface area contributed by atoms with Gasteiger partial charge < -0.3 is 14.4 Å². The summed E-state index contributed by atoms with van der Waals surface area (Å²) in [6, 6.07) is 14.6. The Kier molecular flexibility index (Phi) is 7.14. The van der Waals surface area contributed by atoms with E-state index in [0.29, 0.717) is 49.2 Å². The highest BCUT2D eigenvalue weighted by Crippen LogP contribution is 2.34. The molecule has 0 aliphatic carbocycles. The lowest BCUT2D eigenvalue weighted by molar-refractivity contribution is -0.139. The lowest BCUT2D eigenvalue weighted by atomic mass is 10.1. The van der Waals surface area contributed by atoms with Crippen LogP contribution in [-0.4, -0.2) is 59.7 Å². The Labute approximate surface area is 194 Å². The molecule has 0 bridgehead atoms. The summed E-state index contributed by atoms with van der Waals surface area (Å²) in [5, 5.41) is 0.194. The van der Waals surface area contributed by atoms with E-state index in [1.807, 2.05) is 30.3 Å². The van der Waals surface area contributed by atoms with Crippen LogP contribution in [0.15, 0.2) is 53.4 Å². The van der Waals surface area contributed by atoms with Crippen molar-refractivity contribution in [2.24, 2.45) is 0 Å². The fourth-order valence-electron chi connectivity index (χ4n) is 3.30. The molecule has 0 N–H and O–H groups in total. The maximum Gasteiger partial charge on any atom is 0.294 e. The molecule has 2 heterocycles. The van der Waals surface area contributed by atoms with Crippen molar-refractivity contribution in [2.75, 3.05) is 32.8 Å². The van der Waals surface area contributed by atoms with Crippen LogP contribution in [-0.2, 0) is 20.9 Å². The van der Waals surface area contributed by atoms with E-state index in [-0.39, 0.29) is 17.4 Å². The van der Waals surface area contributed by atoms with E-state index in [1.165, 1.54) is 0 Å². The van der Waals surface area contributed by atoms with Crippen LogP contribution in [0.5, 0.6) is 5.75 Å². The van der Waals surface area contributed by atoms with Crippen LogP contribution in [0.2, 0.25) is 5.02 Å². The van der Waals surface area contributed by atoms with Gasteiger partial charge in [-0.2, -0.15) is 0 Å². The number of benzene rings is 2. The molecular formula is C23H21ClN2O5S. The number of para-hydroxylation sites is 1. The van der Waals surface area contributed by atoms with E-state index in [0.717, 1.165) is 22.2 Å². The molecule has 0 saturated carbocycles. The van der Waals surface area contributed by atoms with Gasteiger partial charge in [-0.05, 0) is 41.6 Å². The lowest BCUT2D eigenvalue weighted by Gasteiger charge is -2.28. The van der Waals surface area contributed by atoms with Gasteiger partial charge in [0.25, 0.3) is 11.1 Å². The third-order valence-corrected chi connectivity index (χ3v) is 6.20. The average Bonchev–Trinajstić information content (AvgIpc) is 3.07. The Morgan fingerprint density at radius 2 is 1.81 bits per heavy atom. The largest absolute Gasteiger partial charge is 0.488 e. The van der Waals surface area contributed by atoms with Gasteiger partial charge in [-0.3, -0.25) is 19.3 Å². The minimum absolute atomic E-state index is 0.257. The second-order valence-corrected chi connectivity index (χ2v) is 8.64. The molecule has 2 aliphatic heterocycles. The van der Waals surface area contributed by atoms with Gasteiger partial charge in [0.15, 0.2) is 0 Å². The van der Waals surface area contributed by atoms with Gasteiger partial charge in [-0.15, -0.1) is 0 Å². The summed E-state index contributed by atoms with van der Waals surface area (Å²) in [5.74, 6) is -0.156. The summed E-state index contributed by atoms with van der Waals surface area (Å²) in [6.07, 6.45) is 1.63. The molecule has 2 aromatic rings. The van der Waals surface area contributed by atoms with Crippen molar-refractivity contribution in [3.8, 4) is 5.75 Å². The zero-order valence-electron chi connectivity index (χ0n) is 17.2. The van der Waals surface area contributed by atoms with Gasteiger partial charge in [-0.1, -0.05) is 41.9 Å². The maximum absolute atomic E-state index is 12.8. The number of hydrogen-bond donors (Lipinski definition) is 0. The molecular weight excluding hydrogens is 452 g/mol. The fourth-order valence-corrected chi connectivity index (χ4v) is 4.25. The molecule has 32 heavy (non-hydrogen) atoms. The predicted octanol–water partition coefficient (Wildman–Crippen LogP) is 3.81. The highest BCUT2D eigenvalue weighted by atomic mass is 35.5. The molecule has 0 aromatic heterocycles. The topological polar surface area (TPSA) is 76.2 Å². The first-order valence-corrected chi connectivity index (χ1v) is 11.3. The van der Waals surface area contributed by atoms with E-state index in [4.69, 9.17) is 21.1 Å². The molecule has 3 amide bonds. The van der Waals surface area contributed by atoms with Crippen LogP contribution in [0.4, 0.5) is 4.79 Å². The van der Waals surface area contributed by atoms with Gasteiger partial charge in [0.1, 0.15) is 18.9 Å². The summed E-state index contributed by atoms with van der Waals surface area (Å²) < 4.78 is 11.2. The van der Waals surface area contributed by atoms with Crippen molar-refractivity contribution >= 4 is 46.5 Å². The molecule has 2 saturated heterocycles. The van der Waals surface area contributed by atoms with Crippen LogP contribution in [0.1, 0.15) is 11.1 Å². The van der Waals surface area contributed by atoms with Crippen molar-refractivity contribution in [1.82, 2.24) is 9.80 Å². The second-order valence-electron chi connectivity index (χ2n) is 7.21. The van der Waals surface area contributed by atoms with Gasteiger partial charge in [0.05, 0.1) is 18.1 Å². The number of hydrogen-bond acceptors (Lipinski definition) is 6. The molecule has 9 heteroatoms. The number of morpholine rings is 1. The molecule has 7 nitrogen and oxygen atoms in total. The number of ether oxygens (including phenoxy) is 2. The van der Waals surface area contributed by atoms with Crippen molar-refractivity contribution in [3.05, 3.63) is 69.6 Å². The predicted molar refractivity (Wildman–Crippen MR) is 122 cm³/mol. The summed E-state index contributed by atoms with van der Waals surface area (Å²) in [6.45, 7) is 1.90. The SMILES string of the molecule is O=C(CN1C(=O)S/C(=C/c2ccccc2OCc2ccc(Cl)cc2)C1=O)N1CCOCC1. The quantitative estimate of drug-likeness (QED) is 0.595. The number of nitrogens with zero attached hydrogens (tertiary/aromatic N) is 2. The third-order valence-electron chi connectivity index (χ3n) is 5.04. The zero-order valence-corrected chi connectivity index (χ0v) is 18.7. The van der Waals surface area contributed by atoms with Gasteiger partial charge in [0, 0.05) is 23.7 Å². The Bertz CT molecular complexity index is 1050. The molecule has 0 atom stereocenters. The highest BCUT2D eigenvalue weighted by molar-refractivity contribution is 8.18. The molecule has 2 fully saturated rings. The summed E-state index contributed by atoms with van der Waals surface area (Å²) in [5.41, 5.74) is 1.62. The highest BCUT2D eigenvalue weighted by Gasteiger charge is 2.37. The smallest absolute Gasteiger partial charge is 0.294 e. The first kappa shape index (κ1) is 22.4. The number of carbonyl (C=O) groups excluding carboxylic acids is 3. The minimum Gasteiger partial charge on any atom is -0.488 e. The van der Waals surface area contributed by atoms with E-state index >= 15 is 0 Å². The lowest BCUT2D eigenvalue weighted by Crippen LogP contribution is -2.46. The Hall–Kier alpha value is -2.81. The number of halogens is 1. The molecule has 2 aliphatic rings. The number of rotatable bonds is 6. The number of thioether (sulfide) groups is 1. The molecule has 0 unspecified atom stereocenters. The summed E-state index contributed by atoms with van der Waals surface area (Å²) in [4.78, 5) is 40.6. The van der Waals surface area contributed by atoms with E-state index in [1.54, 1.807) is 29.2 Å².